The van der Waals surface area contributed by atoms with E-state index in [-0.39, 0.29) is 17.2 Å². The number of likely N-dealkylation sites (tertiary alicyclic amines) is 2. The van der Waals surface area contributed by atoms with E-state index in [1.54, 1.807) is 26.4 Å². The Kier molecular flexibility index (Phi) is 4.43. The van der Waals surface area contributed by atoms with Gasteiger partial charge in [0.05, 0.1) is 23.8 Å². The van der Waals surface area contributed by atoms with Crippen molar-refractivity contribution in [2.24, 2.45) is 5.41 Å². The number of ether oxygens (including phenoxy) is 1. The van der Waals surface area contributed by atoms with Gasteiger partial charge in [0.1, 0.15) is 5.76 Å². The standard InChI is InChI=1S/C17H24N2O4/c1-13-14(3-11-23-13)15(20)18-7-4-17(5-8-18)6-9-19(16(17)21)10-12-22-2/h3,11H,4-10,12H2,1-2H3. The summed E-state index contributed by atoms with van der Waals surface area (Å²) in [6.07, 6.45) is 3.93. The summed E-state index contributed by atoms with van der Waals surface area (Å²) in [6, 6.07) is 1.72. The van der Waals surface area contributed by atoms with Gasteiger partial charge < -0.3 is 19.0 Å². The van der Waals surface area contributed by atoms with E-state index in [1.165, 1.54) is 0 Å². The number of carbonyl (C=O) groups excluding carboxylic acids is 2. The molecule has 1 spiro atoms. The first-order valence-electron chi connectivity index (χ1n) is 8.19. The van der Waals surface area contributed by atoms with Crippen LogP contribution in [0.1, 0.15) is 35.4 Å². The molecule has 0 saturated carbocycles. The van der Waals surface area contributed by atoms with E-state index in [4.69, 9.17) is 9.15 Å². The molecule has 1 aromatic heterocycles. The Morgan fingerprint density at radius 1 is 1.30 bits per heavy atom. The van der Waals surface area contributed by atoms with E-state index in [9.17, 15) is 9.59 Å². The molecule has 3 rings (SSSR count). The normalized spacial score (nSPS) is 20.5. The van der Waals surface area contributed by atoms with Crippen molar-refractivity contribution in [3.8, 4) is 0 Å². The third kappa shape index (κ3) is 2.87. The van der Waals surface area contributed by atoms with Crippen molar-refractivity contribution >= 4 is 11.8 Å². The Labute approximate surface area is 136 Å². The minimum absolute atomic E-state index is 0.00721. The van der Waals surface area contributed by atoms with Gasteiger partial charge in [0, 0.05) is 33.3 Å². The van der Waals surface area contributed by atoms with Crippen molar-refractivity contribution in [2.45, 2.75) is 26.2 Å². The number of aryl methyl sites for hydroxylation is 1. The van der Waals surface area contributed by atoms with Crippen LogP contribution in [-0.2, 0) is 9.53 Å². The van der Waals surface area contributed by atoms with Crippen molar-refractivity contribution < 1.29 is 18.7 Å². The molecule has 0 unspecified atom stereocenters. The number of carbonyl (C=O) groups is 2. The molecule has 0 aromatic carbocycles. The van der Waals surface area contributed by atoms with Crippen molar-refractivity contribution in [3.63, 3.8) is 0 Å². The monoisotopic (exact) mass is 320 g/mol. The van der Waals surface area contributed by atoms with Gasteiger partial charge in [-0.1, -0.05) is 0 Å². The predicted octanol–water partition coefficient (Wildman–Crippen LogP) is 1.69. The number of furan rings is 1. The lowest BCUT2D eigenvalue weighted by molar-refractivity contribution is -0.138. The predicted molar refractivity (Wildman–Crippen MR) is 84.1 cm³/mol. The minimum atomic E-state index is -0.268. The first-order chi connectivity index (χ1) is 11.1. The first-order valence-corrected chi connectivity index (χ1v) is 8.19. The minimum Gasteiger partial charge on any atom is -0.469 e. The van der Waals surface area contributed by atoms with Crippen LogP contribution in [0.15, 0.2) is 16.7 Å². The van der Waals surface area contributed by atoms with Crippen LogP contribution >= 0.6 is 0 Å². The highest BCUT2D eigenvalue weighted by molar-refractivity contribution is 5.95. The number of nitrogens with zero attached hydrogens (tertiary/aromatic N) is 2. The van der Waals surface area contributed by atoms with Crippen molar-refractivity contribution in [2.75, 3.05) is 39.9 Å². The largest absolute Gasteiger partial charge is 0.469 e. The molecule has 2 saturated heterocycles. The average molecular weight is 320 g/mol. The van der Waals surface area contributed by atoms with E-state index in [2.05, 4.69) is 0 Å². The van der Waals surface area contributed by atoms with E-state index >= 15 is 0 Å². The summed E-state index contributed by atoms with van der Waals surface area (Å²) in [5.41, 5.74) is 0.357. The quantitative estimate of drug-likeness (QED) is 0.847. The van der Waals surface area contributed by atoms with Crippen LogP contribution in [0, 0.1) is 12.3 Å². The third-order valence-corrected chi connectivity index (χ3v) is 5.26. The summed E-state index contributed by atoms with van der Waals surface area (Å²) in [5, 5.41) is 0. The highest BCUT2D eigenvalue weighted by Crippen LogP contribution is 2.41. The van der Waals surface area contributed by atoms with Crippen molar-refractivity contribution in [1.82, 2.24) is 9.80 Å². The van der Waals surface area contributed by atoms with Crippen molar-refractivity contribution in [1.29, 1.82) is 0 Å². The highest BCUT2D eigenvalue weighted by Gasteiger charge is 2.48. The molecule has 0 bridgehead atoms. The summed E-state index contributed by atoms with van der Waals surface area (Å²) < 4.78 is 10.3. The molecule has 6 nitrogen and oxygen atoms in total. The van der Waals surface area contributed by atoms with E-state index in [0.29, 0.717) is 37.6 Å². The Bertz CT molecular complexity index is 587. The Morgan fingerprint density at radius 2 is 2.00 bits per heavy atom. The molecule has 2 fully saturated rings. The average Bonchev–Trinajstić information content (AvgIpc) is 3.11. The van der Waals surface area contributed by atoms with Crippen LogP contribution in [0.2, 0.25) is 0 Å². The molecular formula is C17H24N2O4. The summed E-state index contributed by atoms with van der Waals surface area (Å²) in [4.78, 5) is 29.0. The van der Waals surface area contributed by atoms with Crippen LogP contribution in [0.5, 0.6) is 0 Å². The second-order valence-corrected chi connectivity index (χ2v) is 6.50. The van der Waals surface area contributed by atoms with Gasteiger partial charge in [-0.05, 0) is 32.3 Å². The molecule has 0 N–H and O–H groups in total. The number of methoxy groups -OCH3 is 1. The number of rotatable bonds is 4. The molecule has 0 radical (unpaired) electrons. The molecule has 1 aromatic rings. The summed E-state index contributed by atoms with van der Waals surface area (Å²) in [6.45, 7) is 5.10. The third-order valence-electron chi connectivity index (χ3n) is 5.26. The molecule has 0 atom stereocenters. The van der Waals surface area contributed by atoms with E-state index < -0.39 is 0 Å². The van der Waals surface area contributed by atoms with E-state index in [1.807, 2.05) is 9.80 Å². The van der Waals surface area contributed by atoms with Crippen LogP contribution in [-0.4, -0.2) is 61.5 Å². The molecule has 2 amide bonds. The van der Waals surface area contributed by atoms with Gasteiger partial charge in [0.15, 0.2) is 0 Å². The van der Waals surface area contributed by atoms with Crippen molar-refractivity contribution in [3.05, 3.63) is 23.7 Å². The molecule has 126 valence electrons. The van der Waals surface area contributed by atoms with Crippen LogP contribution in [0.4, 0.5) is 0 Å². The fourth-order valence-corrected chi connectivity index (χ4v) is 3.69. The lowest BCUT2D eigenvalue weighted by Crippen LogP contribution is -2.47. The van der Waals surface area contributed by atoms with Gasteiger partial charge in [-0.15, -0.1) is 0 Å². The maximum Gasteiger partial charge on any atom is 0.257 e. The molecule has 3 heterocycles. The van der Waals surface area contributed by atoms with Gasteiger partial charge in [-0.25, -0.2) is 0 Å². The molecule has 0 aliphatic carbocycles. The van der Waals surface area contributed by atoms with Gasteiger partial charge in [-0.2, -0.15) is 0 Å². The van der Waals surface area contributed by atoms with Crippen LogP contribution in [0.25, 0.3) is 0 Å². The van der Waals surface area contributed by atoms with Crippen LogP contribution in [0.3, 0.4) is 0 Å². The second kappa shape index (κ2) is 6.35. The zero-order valence-electron chi connectivity index (χ0n) is 13.8. The van der Waals surface area contributed by atoms with Gasteiger partial charge in [0.25, 0.3) is 5.91 Å². The Balaban J connectivity index is 1.61. The smallest absolute Gasteiger partial charge is 0.257 e. The second-order valence-electron chi connectivity index (χ2n) is 6.50. The summed E-state index contributed by atoms with van der Waals surface area (Å²) in [7, 11) is 1.65. The molecule has 23 heavy (non-hydrogen) atoms. The Morgan fingerprint density at radius 3 is 2.61 bits per heavy atom. The number of amides is 2. The lowest BCUT2D eigenvalue weighted by Gasteiger charge is -2.38. The number of piperidine rings is 1. The maximum atomic E-state index is 12.7. The van der Waals surface area contributed by atoms with Crippen LogP contribution < -0.4 is 0 Å². The first kappa shape index (κ1) is 16.1. The Hall–Kier alpha value is -1.82. The zero-order valence-corrected chi connectivity index (χ0v) is 13.8. The molecule has 6 heteroatoms. The number of hydrogen-bond acceptors (Lipinski definition) is 4. The van der Waals surface area contributed by atoms with Gasteiger partial charge in [-0.3, -0.25) is 9.59 Å². The topological polar surface area (TPSA) is 63.0 Å². The van der Waals surface area contributed by atoms with Gasteiger partial charge in [0.2, 0.25) is 5.91 Å². The lowest BCUT2D eigenvalue weighted by atomic mass is 9.77. The number of hydrogen-bond donors (Lipinski definition) is 0. The summed E-state index contributed by atoms with van der Waals surface area (Å²) >= 11 is 0. The maximum absolute atomic E-state index is 12.7. The molecule has 2 aliphatic rings. The fourth-order valence-electron chi connectivity index (χ4n) is 3.69. The zero-order chi connectivity index (χ0) is 16.4. The van der Waals surface area contributed by atoms with E-state index in [0.717, 1.165) is 25.8 Å². The van der Waals surface area contributed by atoms with Gasteiger partial charge >= 0.3 is 0 Å². The molecular weight excluding hydrogens is 296 g/mol. The highest BCUT2D eigenvalue weighted by atomic mass is 16.5. The molecule has 2 aliphatic heterocycles. The SMILES string of the molecule is COCCN1CCC2(CCN(C(=O)c3ccoc3C)CC2)C1=O. The fraction of sp³-hybridized carbons (Fsp3) is 0.647. The summed E-state index contributed by atoms with van der Waals surface area (Å²) in [5.74, 6) is 0.895.